The Morgan fingerprint density at radius 2 is 2.24 bits per heavy atom. The summed E-state index contributed by atoms with van der Waals surface area (Å²) >= 11 is 0. The normalized spacial score (nSPS) is 26.4. The number of aromatic nitrogens is 1. The maximum absolute atomic E-state index is 5.18. The largest absolute Gasteiger partial charge is 0.361 e. The van der Waals surface area contributed by atoms with E-state index in [4.69, 9.17) is 4.52 Å². The van der Waals surface area contributed by atoms with Crippen molar-refractivity contribution in [1.82, 2.24) is 15.4 Å². The van der Waals surface area contributed by atoms with Crippen LogP contribution < -0.4 is 5.32 Å². The van der Waals surface area contributed by atoms with E-state index in [9.17, 15) is 0 Å². The zero-order valence-electron chi connectivity index (χ0n) is 11.3. The van der Waals surface area contributed by atoms with Gasteiger partial charge in [0.05, 0.1) is 5.69 Å². The molecule has 0 aliphatic carbocycles. The minimum atomic E-state index is 0.620. The first kappa shape index (κ1) is 12.6. The number of rotatable bonds is 3. The quantitative estimate of drug-likeness (QED) is 0.871. The fourth-order valence-corrected chi connectivity index (χ4v) is 2.48. The number of hydrogen-bond acceptors (Lipinski definition) is 4. The van der Waals surface area contributed by atoms with Gasteiger partial charge in [-0.1, -0.05) is 5.16 Å². The highest BCUT2D eigenvalue weighted by atomic mass is 16.5. The monoisotopic (exact) mass is 237 g/mol. The second kappa shape index (κ2) is 5.19. The van der Waals surface area contributed by atoms with Gasteiger partial charge in [-0.05, 0) is 47.2 Å². The highest BCUT2D eigenvalue weighted by Gasteiger charge is 2.22. The molecule has 0 saturated carbocycles. The summed E-state index contributed by atoms with van der Waals surface area (Å²) in [6.45, 7) is 8.34. The molecule has 96 valence electrons. The summed E-state index contributed by atoms with van der Waals surface area (Å²) in [5.41, 5.74) is 2.23. The molecule has 0 bridgehead atoms. The first-order valence-corrected chi connectivity index (χ1v) is 6.43. The maximum Gasteiger partial charge on any atom is 0.138 e. The zero-order chi connectivity index (χ0) is 12.4. The van der Waals surface area contributed by atoms with Crippen molar-refractivity contribution < 1.29 is 4.52 Å². The van der Waals surface area contributed by atoms with Crippen molar-refractivity contribution in [3.8, 4) is 0 Å². The Labute approximate surface area is 103 Å². The van der Waals surface area contributed by atoms with Crippen LogP contribution in [0.3, 0.4) is 0 Å². The smallest absolute Gasteiger partial charge is 0.138 e. The van der Waals surface area contributed by atoms with E-state index in [0.717, 1.165) is 18.0 Å². The van der Waals surface area contributed by atoms with Crippen molar-refractivity contribution in [2.75, 3.05) is 13.6 Å². The predicted octanol–water partition coefficient (Wildman–Crippen LogP) is 1.86. The molecule has 1 aromatic heterocycles. The molecule has 2 heterocycles. The molecule has 0 spiro atoms. The Bertz CT molecular complexity index is 355. The SMILES string of the molecule is Cc1noc(C)c1CNC1CCN(C)C(C)C1. The summed E-state index contributed by atoms with van der Waals surface area (Å²) in [5, 5.41) is 7.61. The van der Waals surface area contributed by atoms with Crippen LogP contribution in [-0.2, 0) is 6.54 Å². The number of hydrogen-bond donors (Lipinski definition) is 1. The Morgan fingerprint density at radius 3 is 2.82 bits per heavy atom. The lowest BCUT2D eigenvalue weighted by atomic mass is 9.98. The lowest BCUT2D eigenvalue weighted by molar-refractivity contribution is 0.168. The molecule has 1 fully saturated rings. The number of nitrogens with zero attached hydrogens (tertiary/aromatic N) is 2. The molecule has 1 aliphatic heterocycles. The molecule has 0 amide bonds. The standard InChI is InChI=1S/C13H23N3O/c1-9-7-12(5-6-16(9)4)14-8-13-10(2)15-17-11(13)3/h9,12,14H,5-8H2,1-4H3. The van der Waals surface area contributed by atoms with Gasteiger partial charge < -0.3 is 14.7 Å². The third-order valence-corrected chi connectivity index (χ3v) is 3.96. The summed E-state index contributed by atoms with van der Waals surface area (Å²) in [7, 11) is 2.20. The van der Waals surface area contributed by atoms with Crippen LogP contribution in [0.4, 0.5) is 0 Å². The zero-order valence-corrected chi connectivity index (χ0v) is 11.3. The fourth-order valence-electron chi connectivity index (χ4n) is 2.48. The molecule has 4 nitrogen and oxygen atoms in total. The van der Waals surface area contributed by atoms with Crippen molar-refractivity contribution in [3.63, 3.8) is 0 Å². The average molecular weight is 237 g/mol. The van der Waals surface area contributed by atoms with Crippen LogP contribution in [0.25, 0.3) is 0 Å². The van der Waals surface area contributed by atoms with E-state index < -0.39 is 0 Å². The first-order valence-electron chi connectivity index (χ1n) is 6.43. The first-order chi connectivity index (χ1) is 8.08. The topological polar surface area (TPSA) is 41.3 Å². The van der Waals surface area contributed by atoms with Gasteiger partial charge in [0, 0.05) is 24.2 Å². The maximum atomic E-state index is 5.18. The van der Waals surface area contributed by atoms with E-state index in [1.54, 1.807) is 0 Å². The molecule has 2 atom stereocenters. The van der Waals surface area contributed by atoms with E-state index in [1.807, 2.05) is 13.8 Å². The predicted molar refractivity (Wildman–Crippen MR) is 67.9 cm³/mol. The molecule has 1 aromatic rings. The van der Waals surface area contributed by atoms with Crippen LogP contribution in [0.2, 0.25) is 0 Å². The Kier molecular flexibility index (Phi) is 3.84. The van der Waals surface area contributed by atoms with Gasteiger partial charge >= 0.3 is 0 Å². The second-order valence-corrected chi connectivity index (χ2v) is 5.23. The van der Waals surface area contributed by atoms with E-state index in [2.05, 4.69) is 29.3 Å². The molecule has 4 heteroatoms. The van der Waals surface area contributed by atoms with E-state index in [1.165, 1.54) is 24.9 Å². The second-order valence-electron chi connectivity index (χ2n) is 5.23. The van der Waals surface area contributed by atoms with Gasteiger partial charge in [-0.25, -0.2) is 0 Å². The number of aryl methyl sites for hydroxylation is 2. The summed E-state index contributed by atoms with van der Waals surface area (Å²) in [6.07, 6.45) is 2.45. The third-order valence-electron chi connectivity index (χ3n) is 3.96. The molecule has 1 aliphatic rings. The van der Waals surface area contributed by atoms with Crippen LogP contribution in [0.5, 0.6) is 0 Å². The van der Waals surface area contributed by atoms with Gasteiger partial charge in [0.2, 0.25) is 0 Å². The summed E-state index contributed by atoms with van der Waals surface area (Å²) in [4.78, 5) is 2.42. The van der Waals surface area contributed by atoms with E-state index >= 15 is 0 Å². The highest BCUT2D eigenvalue weighted by Crippen LogP contribution is 2.17. The molecule has 2 unspecified atom stereocenters. The Balaban J connectivity index is 1.87. The van der Waals surface area contributed by atoms with Gasteiger partial charge in [-0.2, -0.15) is 0 Å². The third kappa shape index (κ3) is 2.87. The minimum Gasteiger partial charge on any atom is -0.361 e. The van der Waals surface area contributed by atoms with Crippen LogP contribution in [0.15, 0.2) is 4.52 Å². The van der Waals surface area contributed by atoms with Crippen LogP contribution in [0.1, 0.15) is 36.8 Å². The van der Waals surface area contributed by atoms with Crippen molar-refractivity contribution in [1.29, 1.82) is 0 Å². The molecule has 2 rings (SSSR count). The average Bonchev–Trinajstić information content (AvgIpc) is 2.61. The van der Waals surface area contributed by atoms with Gasteiger partial charge in [0.15, 0.2) is 0 Å². The lowest BCUT2D eigenvalue weighted by Crippen LogP contribution is -2.45. The fraction of sp³-hybridized carbons (Fsp3) is 0.769. The van der Waals surface area contributed by atoms with E-state index in [0.29, 0.717) is 12.1 Å². The minimum absolute atomic E-state index is 0.620. The summed E-state index contributed by atoms with van der Waals surface area (Å²) in [6, 6.07) is 1.29. The molecular weight excluding hydrogens is 214 g/mol. The summed E-state index contributed by atoms with van der Waals surface area (Å²) < 4.78 is 5.18. The molecule has 1 saturated heterocycles. The van der Waals surface area contributed by atoms with E-state index in [-0.39, 0.29) is 0 Å². The molecular formula is C13H23N3O. The van der Waals surface area contributed by atoms with Crippen LogP contribution >= 0.6 is 0 Å². The van der Waals surface area contributed by atoms with Crippen LogP contribution in [-0.4, -0.2) is 35.7 Å². The van der Waals surface area contributed by atoms with Crippen molar-refractivity contribution in [3.05, 3.63) is 17.0 Å². The molecule has 1 N–H and O–H groups in total. The van der Waals surface area contributed by atoms with Gasteiger partial charge in [0.25, 0.3) is 0 Å². The molecule has 17 heavy (non-hydrogen) atoms. The van der Waals surface area contributed by atoms with Crippen molar-refractivity contribution in [2.45, 2.75) is 52.2 Å². The Morgan fingerprint density at radius 1 is 1.47 bits per heavy atom. The number of piperidine rings is 1. The molecule has 0 aromatic carbocycles. The van der Waals surface area contributed by atoms with Gasteiger partial charge in [-0.3, -0.25) is 0 Å². The van der Waals surface area contributed by atoms with Crippen molar-refractivity contribution in [2.24, 2.45) is 0 Å². The van der Waals surface area contributed by atoms with Crippen LogP contribution in [0, 0.1) is 13.8 Å². The highest BCUT2D eigenvalue weighted by molar-refractivity contribution is 5.20. The number of likely N-dealkylation sites (tertiary alicyclic amines) is 1. The summed E-state index contributed by atoms with van der Waals surface area (Å²) in [5.74, 6) is 0.941. The van der Waals surface area contributed by atoms with Gasteiger partial charge in [-0.15, -0.1) is 0 Å². The molecule has 0 radical (unpaired) electrons. The van der Waals surface area contributed by atoms with Gasteiger partial charge in [0.1, 0.15) is 5.76 Å². The number of nitrogens with one attached hydrogen (secondary N) is 1. The Hall–Kier alpha value is -0.870. The van der Waals surface area contributed by atoms with Crippen molar-refractivity contribution >= 4 is 0 Å². The lowest BCUT2D eigenvalue weighted by Gasteiger charge is -2.35.